The highest BCUT2D eigenvalue weighted by Gasteiger charge is 2.44. The topological polar surface area (TPSA) is 195 Å². The van der Waals surface area contributed by atoms with Crippen molar-refractivity contribution >= 4 is 17.8 Å². The third-order valence-electron chi connectivity index (χ3n) is 9.78. The van der Waals surface area contributed by atoms with Crippen LogP contribution in [-0.4, -0.2) is 123 Å². The lowest BCUT2D eigenvalue weighted by Crippen LogP contribution is -2.59. The van der Waals surface area contributed by atoms with E-state index in [1.165, 1.54) is 4.90 Å². The van der Waals surface area contributed by atoms with Crippen LogP contribution in [0.2, 0.25) is 0 Å². The summed E-state index contributed by atoms with van der Waals surface area (Å²) in [6, 6.07) is 7.49. The van der Waals surface area contributed by atoms with Gasteiger partial charge in [0, 0.05) is 19.9 Å². The van der Waals surface area contributed by atoms with E-state index in [-0.39, 0.29) is 30.8 Å². The largest absolute Gasteiger partial charge is 0.460 e. The van der Waals surface area contributed by atoms with Gasteiger partial charge in [-0.1, -0.05) is 70.9 Å². The molecule has 12 unspecified atom stereocenters. The van der Waals surface area contributed by atoms with Crippen molar-refractivity contribution in [3.63, 3.8) is 0 Å². The van der Waals surface area contributed by atoms with Gasteiger partial charge in [0.15, 0.2) is 6.29 Å². The van der Waals surface area contributed by atoms with Gasteiger partial charge in [0.2, 0.25) is 11.8 Å². The van der Waals surface area contributed by atoms with Crippen LogP contribution >= 0.6 is 0 Å². The Morgan fingerprint density at radius 2 is 1.61 bits per heavy atom. The van der Waals surface area contributed by atoms with Gasteiger partial charge in [-0.25, -0.2) is 4.79 Å². The average Bonchev–Trinajstić information content (AvgIpc) is 3.07. The lowest BCUT2D eigenvalue weighted by molar-refractivity contribution is -0.310. The number of aliphatic hydroxyl groups is 5. The smallest absolute Gasteiger partial charge is 0.329 e. The van der Waals surface area contributed by atoms with Gasteiger partial charge in [-0.2, -0.15) is 0 Å². The van der Waals surface area contributed by atoms with Crippen LogP contribution in [0.3, 0.4) is 0 Å². The van der Waals surface area contributed by atoms with E-state index in [4.69, 9.17) is 14.2 Å². The monoisotopic (exact) mass is 694 g/mol. The fraction of sp³-hybridized carbons (Fsp3) is 0.750. The van der Waals surface area contributed by atoms with Crippen molar-refractivity contribution in [2.75, 3.05) is 13.7 Å². The summed E-state index contributed by atoms with van der Waals surface area (Å²) in [5, 5.41) is 53.8. The maximum Gasteiger partial charge on any atom is 0.329 e. The third kappa shape index (κ3) is 11.4. The van der Waals surface area contributed by atoms with Gasteiger partial charge in [0.25, 0.3) is 0 Å². The number of benzene rings is 1. The molecule has 13 heteroatoms. The molecule has 6 N–H and O–H groups in total. The highest BCUT2D eigenvalue weighted by atomic mass is 16.7. The van der Waals surface area contributed by atoms with E-state index in [1.807, 2.05) is 51.1 Å². The number of carbonyl (C=O) groups excluding carboxylic acids is 3. The summed E-state index contributed by atoms with van der Waals surface area (Å²) >= 11 is 0. The SMILES string of the molecule is CC(C)CC1C(=O)OC(C(C)CCCCC(C)OC2OC(CO)C(O)C(O)C2O)CC(O)C(C)C(=O)NC(Cc2ccccc2)C(=O)N1C. The van der Waals surface area contributed by atoms with Gasteiger partial charge >= 0.3 is 5.97 Å². The molecule has 1 aromatic rings. The molecule has 2 aliphatic heterocycles. The number of aliphatic hydroxyl groups excluding tert-OH is 5. The number of cyclic esters (lactones) is 1. The normalized spacial score (nSPS) is 33.3. The van der Waals surface area contributed by atoms with Crippen molar-refractivity contribution in [3.05, 3.63) is 35.9 Å². The molecule has 0 radical (unpaired) electrons. The first-order valence-electron chi connectivity index (χ1n) is 17.6. The highest BCUT2D eigenvalue weighted by Crippen LogP contribution is 2.27. The maximum absolute atomic E-state index is 13.9. The maximum atomic E-state index is 13.9. The number of unbranched alkanes of at least 4 members (excludes halogenated alkanes) is 1. The van der Waals surface area contributed by atoms with E-state index in [2.05, 4.69) is 5.32 Å². The number of carbonyl (C=O) groups is 3. The van der Waals surface area contributed by atoms with Gasteiger partial charge in [-0.3, -0.25) is 9.59 Å². The predicted molar refractivity (Wildman–Crippen MR) is 180 cm³/mol. The fourth-order valence-electron chi connectivity index (χ4n) is 6.41. The molecule has 2 heterocycles. The van der Waals surface area contributed by atoms with E-state index in [0.29, 0.717) is 32.1 Å². The number of esters is 1. The molecule has 2 amide bonds. The van der Waals surface area contributed by atoms with Crippen molar-refractivity contribution in [3.8, 4) is 0 Å². The molecule has 3 rings (SSSR count). The molecular weight excluding hydrogens is 636 g/mol. The zero-order valence-corrected chi connectivity index (χ0v) is 29.7. The lowest BCUT2D eigenvalue weighted by atomic mass is 9.89. The van der Waals surface area contributed by atoms with Crippen molar-refractivity contribution in [1.29, 1.82) is 0 Å². The standard InChI is InChI=1S/C36H58N2O11/c1-20(2)16-26-35(46)48-28(21(3)12-10-11-13-22(4)47-36-32(43)31(42)30(41)29(19-39)49-36)18-27(40)23(5)33(44)37-25(34(45)38(26)6)17-24-14-8-7-9-15-24/h7-9,14-15,20-23,25-32,36,39-43H,10-13,16-19H2,1-6H3,(H,37,44). The molecule has 49 heavy (non-hydrogen) atoms. The van der Waals surface area contributed by atoms with Crippen molar-refractivity contribution in [1.82, 2.24) is 10.2 Å². The van der Waals surface area contributed by atoms with Crippen LogP contribution in [0.15, 0.2) is 30.3 Å². The Kier molecular flexibility index (Phi) is 15.9. The molecule has 12 atom stereocenters. The molecule has 13 nitrogen and oxygen atoms in total. The Balaban J connectivity index is 1.68. The van der Waals surface area contributed by atoms with E-state index < -0.39 is 85.3 Å². The summed E-state index contributed by atoms with van der Waals surface area (Å²) < 4.78 is 17.3. The first-order chi connectivity index (χ1) is 23.1. The lowest BCUT2D eigenvalue weighted by Gasteiger charge is -2.40. The van der Waals surface area contributed by atoms with Crippen molar-refractivity contribution < 1.29 is 54.1 Å². The molecule has 0 bridgehead atoms. The number of nitrogens with one attached hydrogen (secondary N) is 1. The molecule has 278 valence electrons. The molecule has 1 aromatic carbocycles. The number of ether oxygens (including phenoxy) is 3. The van der Waals surface area contributed by atoms with Gasteiger partial charge in [0.1, 0.15) is 42.6 Å². The molecular formula is C36H58N2O11. The van der Waals surface area contributed by atoms with Crippen LogP contribution in [0, 0.1) is 17.8 Å². The van der Waals surface area contributed by atoms with Gasteiger partial charge in [-0.15, -0.1) is 0 Å². The minimum absolute atomic E-state index is 0.0491. The molecule has 0 aromatic heterocycles. The van der Waals surface area contributed by atoms with Crippen LogP contribution in [0.25, 0.3) is 0 Å². The second-order valence-electron chi connectivity index (χ2n) is 14.3. The number of likely N-dealkylation sites (N-methyl/N-ethyl adjacent to an activating group) is 1. The highest BCUT2D eigenvalue weighted by molar-refractivity contribution is 5.91. The summed E-state index contributed by atoms with van der Waals surface area (Å²) in [5.74, 6) is -2.40. The van der Waals surface area contributed by atoms with Gasteiger partial charge < -0.3 is 50.0 Å². The molecule has 2 aliphatic rings. The Labute approximate surface area is 289 Å². The van der Waals surface area contributed by atoms with E-state index >= 15 is 0 Å². The summed E-state index contributed by atoms with van der Waals surface area (Å²) in [6.07, 6.45) is -5.70. The molecule has 2 fully saturated rings. The quantitative estimate of drug-likeness (QED) is 0.129. The molecule has 0 aliphatic carbocycles. The van der Waals surface area contributed by atoms with Crippen LogP contribution in [0.4, 0.5) is 0 Å². The number of rotatable bonds is 13. The molecule has 2 saturated heterocycles. The Morgan fingerprint density at radius 3 is 2.24 bits per heavy atom. The van der Waals surface area contributed by atoms with Gasteiger partial charge in [0.05, 0.1) is 24.7 Å². The van der Waals surface area contributed by atoms with E-state index in [1.54, 1.807) is 20.9 Å². The van der Waals surface area contributed by atoms with Crippen LogP contribution in [0.1, 0.15) is 78.7 Å². The van der Waals surface area contributed by atoms with Crippen LogP contribution in [-0.2, 0) is 35.0 Å². The van der Waals surface area contributed by atoms with Crippen LogP contribution < -0.4 is 5.32 Å². The Bertz CT molecular complexity index is 1180. The predicted octanol–water partition coefficient (Wildman–Crippen LogP) is 1.30. The van der Waals surface area contributed by atoms with Gasteiger partial charge in [-0.05, 0) is 43.6 Å². The van der Waals surface area contributed by atoms with Crippen LogP contribution in [0.5, 0.6) is 0 Å². The first kappa shape index (κ1) is 40.8. The average molecular weight is 695 g/mol. The fourth-order valence-corrected chi connectivity index (χ4v) is 6.41. The summed E-state index contributed by atoms with van der Waals surface area (Å²) in [5.41, 5.74) is 0.849. The second kappa shape index (κ2) is 19.1. The number of hydrogen-bond acceptors (Lipinski definition) is 11. The third-order valence-corrected chi connectivity index (χ3v) is 9.78. The minimum Gasteiger partial charge on any atom is -0.460 e. The second-order valence-corrected chi connectivity index (χ2v) is 14.3. The molecule has 0 spiro atoms. The summed E-state index contributed by atoms with van der Waals surface area (Å²) in [6.45, 7) is 8.69. The minimum atomic E-state index is -1.52. The molecule has 0 saturated carbocycles. The number of nitrogens with zero attached hydrogens (tertiary/aromatic N) is 1. The zero-order chi connectivity index (χ0) is 36.4. The Hall–Kier alpha value is -2.65. The van der Waals surface area contributed by atoms with E-state index in [9.17, 15) is 39.9 Å². The summed E-state index contributed by atoms with van der Waals surface area (Å²) in [4.78, 5) is 42.4. The van der Waals surface area contributed by atoms with Crippen molar-refractivity contribution in [2.24, 2.45) is 17.8 Å². The Morgan fingerprint density at radius 1 is 0.959 bits per heavy atom. The zero-order valence-electron chi connectivity index (χ0n) is 29.7. The number of amides is 2. The van der Waals surface area contributed by atoms with E-state index in [0.717, 1.165) is 5.56 Å². The summed E-state index contributed by atoms with van der Waals surface area (Å²) in [7, 11) is 1.57. The first-order valence-corrected chi connectivity index (χ1v) is 17.6. The van der Waals surface area contributed by atoms with Crippen molar-refractivity contribution in [2.45, 2.75) is 141 Å². The number of hydrogen-bond donors (Lipinski definition) is 6.